The van der Waals surface area contributed by atoms with E-state index in [4.69, 9.17) is 11.5 Å². The zero-order valence-electron chi connectivity index (χ0n) is 7.54. The van der Waals surface area contributed by atoms with Crippen LogP contribution in [0, 0.1) is 20.2 Å². The maximum atomic E-state index is 10.6. The van der Waals surface area contributed by atoms with Gasteiger partial charge in [0.15, 0.2) is 0 Å². The Labute approximate surface area is 83.8 Å². The summed E-state index contributed by atoms with van der Waals surface area (Å²) in [6, 6.07) is 1.97. The fourth-order valence-electron chi connectivity index (χ4n) is 1.13. The molecule has 1 aromatic carbocycles. The van der Waals surface area contributed by atoms with Crippen molar-refractivity contribution in [3.8, 4) is 0 Å². The first-order valence-corrected chi connectivity index (χ1v) is 3.88. The molecule has 4 N–H and O–H groups in total. The van der Waals surface area contributed by atoms with Crippen LogP contribution in [0.15, 0.2) is 12.1 Å². The summed E-state index contributed by atoms with van der Waals surface area (Å²) in [5, 5.41) is 21.0. The van der Waals surface area contributed by atoms with E-state index in [1.165, 1.54) is 0 Å². The maximum Gasteiger partial charge on any atom is 0.299 e. The highest BCUT2D eigenvalue weighted by Gasteiger charge is 2.21. The molecule has 15 heavy (non-hydrogen) atoms. The molecule has 0 aliphatic rings. The molecule has 8 heteroatoms. The zero-order valence-corrected chi connectivity index (χ0v) is 7.54. The Hall–Kier alpha value is -2.22. The average Bonchev–Trinajstić information content (AvgIpc) is 2.16. The first-order valence-electron chi connectivity index (χ1n) is 3.88. The van der Waals surface area contributed by atoms with Crippen LogP contribution in [-0.2, 0) is 6.54 Å². The van der Waals surface area contributed by atoms with Gasteiger partial charge in [0.2, 0.25) is 0 Å². The standard InChI is InChI=1S/C7H8N4O4/c8-3-4-1-5(9)7(11(14)15)2-6(4)10(12)13/h1-2H,3,8-9H2. The molecule has 0 unspecified atom stereocenters. The lowest BCUT2D eigenvalue weighted by molar-refractivity contribution is -0.394. The van der Waals surface area contributed by atoms with E-state index in [0.29, 0.717) is 0 Å². The Morgan fingerprint density at radius 2 is 1.67 bits per heavy atom. The number of anilines is 1. The lowest BCUT2D eigenvalue weighted by Gasteiger charge is -2.02. The van der Waals surface area contributed by atoms with Crippen LogP contribution in [0.25, 0.3) is 0 Å². The second-order valence-corrected chi connectivity index (χ2v) is 2.76. The number of rotatable bonds is 3. The third kappa shape index (κ3) is 1.99. The first kappa shape index (κ1) is 10.9. The van der Waals surface area contributed by atoms with E-state index < -0.39 is 21.2 Å². The highest BCUT2D eigenvalue weighted by Crippen LogP contribution is 2.30. The third-order valence-corrected chi connectivity index (χ3v) is 1.84. The van der Waals surface area contributed by atoms with Crippen molar-refractivity contribution in [3.05, 3.63) is 37.9 Å². The molecule has 1 rings (SSSR count). The summed E-state index contributed by atoms with van der Waals surface area (Å²) in [6.07, 6.45) is 0. The van der Waals surface area contributed by atoms with Crippen LogP contribution < -0.4 is 11.5 Å². The number of nitrogens with zero attached hydrogens (tertiary/aromatic N) is 2. The summed E-state index contributed by atoms with van der Waals surface area (Å²) in [7, 11) is 0. The third-order valence-electron chi connectivity index (χ3n) is 1.84. The van der Waals surface area contributed by atoms with Gasteiger partial charge in [-0.25, -0.2) is 0 Å². The molecular weight excluding hydrogens is 204 g/mol. The molecule has 0 amide bonds. The van der Waals surface area contributed by atoms with Crippen molar-refractivity contribution in [2.45, 2.75) is 6.54 Å². The van der Waals surface area contributed by atoms with E-state index in [9.17, 15) is 20.2 Å². The Kier molecular flexibility index (Phi) is 2.81. The monoisotopic (exact) mass is 212 g/mol. The predicted molar refractivity (Wildman–Crippen MR) is 52.1 cm³/mol. The Morgan fingerprint density at radius 1 is 1.13 bits per heavy atom. The van der Waals surface area contributed by atoms with Gasteiger partial charge >= 0.3 is 0 Å². The molecule has 0 aromatic heterocycles. The van der Waals surface area contributed by atoms with Gasteiger partial charge in [-0.05, 0) is 6.07 Å². The van der Waals surface area contributed by atoms with Crippen LogP contribution in [0.5, 0.6) is 0 Å². The van der Waals surface area contributed by atoms with Crippen molar-refractivity contribution in [2.24, 2.45) is 5.73 Å². The van der Waals surface area contributed by atoms with Crippen LogP contribution in [0.3, 0.4) is 0 Å². The molecule has 0 bridgehead atoms. The second-order valence-electron chi connectivity index (χ2n) is 2.76. The van der Waals surface area contributed by atoms with Gasteiger partial charge in [0, 0.05) is 12.1 Å². The van der Waals surface area contributed by atoms with Gasteiger partial charge in [-0.15, -0.1) is 0 Å². The zero-order chi connectivity index (χ0) is 11.6. The lowest BCUT2D eigenvalue weighted by Crippen LogP contribution is -2.05. The predicted octanol–water partition coefficient (Wildman–Crippen LogP) is 0.544. The van der Waals surface area contributed by atoms with Crippen molar-refractivity contribution >= 4 is 17.1 Å². The van der Waals surface area contributed by atoms with E-state index in [2.05, 4.69) is 0 Å². The number of hydrogen-bond acceptors (Lipinski definition) is 6. The van der Waals surface area contributed by atoms with Crippen molar-refractivity contribution in [3.63, 3.8) is 0 Å². The van der Waals surface area contributed by atoms with E-state index >= 15 is 0 Å². The van der Waals surface area contributed by atoms with E-state index in [1.54, 1.807) is 0 Å². The molecule has 0 aliphatic carbocycles. The maximum absolute atomic E-state index is 10.6. The number of nitro benzene ring substituents is 2. The van der Waals surface area contributed by atoms with E-state index in [0.717, 1.165) is 12.1 Å². The summed E-state index contributed by atoms with van der Waals surface area (Å²) in [6.45, 7) is -0.0987. The minimum Gasteiger partial charge on any atom is -0.393 e. The van der Waals surface area contributed by atoms with Crippen LogP contribution in [-0.4, -0.2) is 9.85 Å². The van der Waals surface area contributed by atoms with Gasteiger partial charge in [0.25, 0.3) is 11.4 Å². The quantitative estimate of drug-likeness (QED) is 0.426. The highest BCUT2D eigenvalue weighted by molar-refractivity contribution is 5.65. The minimum absolute atomic E-state index is 0.0987. The number of nitro groups is 2. The van der Waals surface area contributed by atoms with Crippen LogP contribution in [0.2, 0.25) is 0 Å². The lowest BCUT2D eigenvalue weighted by atomic mass is 10.1. The van der Waals surface area contributed by atoms with Crippen LogP contribution in [0.1, 0.15) is 5.56 Å². The second kappa shape index (κ2) is 3.88. The molecule has 1 aromatic rings. The summed E-state index contributed by atoms with van der Waals surface area (Å²) in [4.78, 5) is 19.5. The fourth-order valence-corrected chi connectivity index (χ4v) is 1.13. The molecule has 0 saturated carbocycles. The highest BCUT2D eigenvalue weighted by atomic mass is 16.6. The molecule has 0 heterocycles. The molecule has 0 aliphatic heterocycles. The van der Waals surface area contributed by atoms with Gasteiger partial charge < -0.3 is 11.5 Å². The number of nitrogens with two attached hydrogens (primary N) is 2. The van der Waals surface area contributed by atoms with Crippen LogP contribution >= 0.6 is 0 Å². The Morgan fingerprint density at radius 3 is 2.07 bits per heavy atom. The smallest absolute Gasteiger partial charge is 0.299 e. The molecule has 8 nitrogen and oxygen atoms in total. The van der Waals surface area contributed by atoms with Crippen LogP contribution in [0.4, 0.5) is 17.1 Å². The SMILES string of the molecule is NCc1cc(N)c([N+](=O)[O-])cc1[N+](=O)[O-]. The number of hydrogen-bond donors (Lipinski definition) is 2. The van der Waals surface area contributed by atoms with Gasteiger partial charge in [0.1, 0.15) is 5.69 Å². The van der Waals surface area contributed by atoms with Gasteiger partial charge in [-0.1, -0.05) is 0 Å². The molecule has 0 spiro atoms. The van der Waals surface area contributed by atoms with Crippen molar-refractivity contribution < 1.29 is 9.85 Å². The summed E-state index contributed by atoms with van der Waals surface area (Å²) in [5.74, 6) is 0. The molecule has 0 radical (unpaired) electrons. The van der Waals surface area contributed by atoms with E-state index in [1.807, 2.05) is 0 Å². The Balaban J connectivity index is 3.43. The normalized spacial score (nSPS) is 9.93. The molecule has 0 atom stereocenters. The average molecular weight is 212 g/mol. The molecule has 80 valence electrons. The first-order chi connectivity index (χ1) is 6.97. The molecular formula is C7H8N4O4. The van der Waals surface area contributed by atoms with Crippen molar-refractivity contribution in [1.82, 2.24) is 0 Å². The summed E-state index contributed by atoms with van der Waals surface area (Å²) in [5.41, 5.74) is 9.76. The summed E-state index contributed by atoms with van der Waals surface area (Å²) >= 11 is 0. The van der Waals surface area contributed by atoms with Gasteiger partial charge in [0.05, 0.1) is 15.9 Å². The van der Waals surface area contributed by atoms with Gasteiger partial charge in [-0.2, -0.15) is 0 Å². The minimum atomic E-state index is -0.775. The fraction of sp³-hybridized carbons (Fsp3) is 0.143. The molecule has 0 saturated heterocycles. The van der Waals surface area contributed by atoms with Crippen molar-refractivity contribution in [1.29, 1.82) is 0 Å². The van der Waals surface area contributed by atoms with Crippen molar-refractivity contribution in [2.75, 3.05) is 5.73 Å². The topological polar surface area (TPSA) is 138 Å². The Bertz CT molecular complexity index is 431. The number of nitrogen functional groups attached to an aromatic ring is 1. The largest absolute Gasteiger partial charge is 0.393 e. The van der Waals surface area contributed by atoms with E-state index in [-0.39, 0.29) is 17.8 Å². The van der Waals surface area contributed by atoms with Gasteiger partial charge in [-0.3, -0.25) is 20.2 Å². The summed E-state index contributed by atoms with van der Waals surface area (Å²) < 4.78 is 0. The molecule has 0 fully saturated rings. The number of benzene rings is 1.